The summed E-state index contributed by atoms with van der Waals surface area (Å²) >= 11 is 5.99. The third kappa shape index (κ3) is 3.79. The molecule has 0 saturated carbocycles. The van der Waals surface area contributed by atoms with E-state index in [0.29, 0.717) is 10.6 Å². The van der Waals surface area contributed by atoms with Gasteiger partial charge >= 0.3 is 5.97 Å². The molecule has 0 spiro atoms. The molecule has 0 aliphatic rings. The Morgan fingerprint density at radius 1 is 1.33 bits per heavy atom. The highest BCUT2D eigenvalue weighted by Gasteiger charge is 2.11. The van der Waals surface area contributed by atoms with Gasteiger partial charge in [0, 0.05) is 18.4 Å². The molecule has 2 N–H and O–H groups in total. The van der Waals surface area contributed by atoms with Crippen molar-refractivity contribution in [3.63, 3.8) is 0 Å². The highest BCUT2D eigenvalue weighted by molar-refractivity contribution is 6.33. The zero-order valence-corrected chi connectivity index (χ0v) is 12.0. The van der Waals surface area contributed by atoms with Gasteiger partial charge in [-0.1, -0.05) is 23.7 Å². The number of nitrogens with zero attached hydrogens (tertiary/aromatic N) is 1. The molecule has 0 aliphatic carbocycles. The molecule has 0 radical (unpaired) electrons. The summed E-state index contributed by atoms with van der Waals surface area (Å²) in [5.41, 5.74) is 1.89. The quantitative estimate of drug-likeness (QED) is 0.910. The van der Waals surface area contributed by atoms with Crippen LogP contribution in [0.1, 0.15) is 32.0 Å². The van der Waals surface area contributed by atoms with Crippen LogP contribution in [0.4, 0.5) is 0 Å². The lowest BCUT2D eigenvalue weighted by Crippen LogP contribution is -2.23. The number of carboxylic acid groups (broad SMARTS) is 1. The predicted octanol–water partition coefficient (Wildman–Crippen LogP) is 2.67. The van der Waals surface area contributed by atoms with Crippen molar-refractivity contribution in [1.82, 2.24) is 10.3 Å². The summed E-state index contributed by atoms with van der Waals surface area (Å²) in [7, 11) is 0. The fraction of sp³-hybridized carbons (Fsp3) is 0.133. The molecule has 0 unspecified atom stereocenters. The Kier molecular flexibility index (Phi) is 4.55. The summed E-state index contributed by atoms with van der Waals surface area (Å²) in [6, 6.07) is 7.99. The SMILES string of the molecule is Cc1cc(Cl)c(C(=O)NCc2cccc(C(=O)O)c2)cn1. The van der Waals surface area contributed by atoms with Crippen LogP contribution in [0.25, 0.3) is 0 Å². The number of pyridine rings is 1. The molecule has 0 bridgehead atoms. The summed E-state index contributed by atoms with van der Waals surface area (Å²) in [5, 5.41) is 11.9. The van der Waals surface area contributed by atoms with E-state index in [1.807, 2.05) is 0 Å². The van der Waals surface area contributed by atoms with E-state index in [2.05, 4.69) is 10.3 Å². The molecule has 2 rings (SSSR count). The third-order valence-corrected chi connectivity index (χ3v) is 3.17. The predicted molar refractivity (Wildman–Crippen MR) is 78.6 cm³/mol. The highest BCUT2D eigenvalue weighted by Crippen LogP contribution is 2.15. The number of carboxylic acids is 1. The van der Waals surface area contributed by atoms with Crippen LogP contribution in [0.15, 0.2) is 36.5 Å². The van der Waals surface area contributed by atoms with Gasteiger partial charge in [0.15, 0.2) is 0 Å². The van der Waals surface area contributed by atoms with Gasteiger partial charge in [-0.3, -0.25) is 9.78 Å². The van der Waals surface area contributed by atoms with E-state index >= 15 is 0 Å². The number of aryl methyl sites for hydroxylation is 1. The molecular formula is C15H13ClN2O3. The molecule has 108 valence electrons. The standard InChI is InChI=1S/C15H13ClN2O3/c1-9-5-13(16)12(8-17-9)14(19)18-7-10-3-2-4-11(6-10)15(20)21/h2-6,8H,7H2,1H3,(H,18,19)(H,20,21). The van der Waals surface area contributed by atoms with Gasteiger partial charge in [0.1, 0.15) is 0 Å². The molecular weight excluding hydrogens is 292 g/mol. The first kappa shape index (κ1) is 15.0. The molecule has 0 aliphatic heterocycles. The van der Waals surface area contributed by atoms with Crippen molar-refractivity contribution in [3.05, 3.63) is 63.9 Å². The van der Waals surface area contributed by atoms with Crippen LogP contribution in [0.3, 0.4) is 0 Å². The number of benzene rings is 1. The van der Waals surface area contributed by atoms with Gasteiger partial charge in [0.05, 0.1) is 16.1 Å². The van der Waals surface area contributed by atoms with Gasteiger partial charge in [-0.2, -0.15) is 0 Å². The third-order valence-electron chi connectivity index (χ3n) is 2.86. The number of hydrogen-bond acceptors (Lipinski definition) is 3. The zero-order valence-electron chi connectivity index (χ0n) is 11.3. The molecule has 2 aromatic rings. The van der Waals surface area contributed by atoms with Crippen LogP contribution in [-0.4, -0.2) is 22.0 Å². The number of amides is 1. The monoisotopic (exact) mass is 304 g/mol. The first-order chi connectivity index (χ1) is 9.97. The fourth-order valence-corrected chi connectivity index (χ4v) is 2.08. The maximum absolute atomic E-state index is 12.0. The van der Waals surface area contributed by atoms with Gasteiger partial charge in [-0.25, -0.2) is 4.79 Å². The Hall–Kier alpha value is -2.40. The first-order valence-electron chi connectivity index (χ1n) is 6.20. The minimum absolute atomic E-state index is 0.178. The Morgan fingerprint density at radius 3 is 2.76 bits per heavy atom. The molecule has 0 fully saturated rings. The average Bonchev–Trinajstić information content (AvgIpc) is 2.45. The van der Waals surface area contributed by atoms with E-state index in [1.54, 1.807) is 25.1 Å². The molecule has 6 heteroatoms. The molecule has 1 aromatic heterocycles. The van der Waals surface area contributed by atoms with Crippen molar-refractivity contribution in [2.45, 2.75) is 13.5 Å². The molecule has 21 heavy (non-hydrogen) atoms. The average molecular weight is 305 g/mol. The molecule has 1 aromatic carbocycles. The summed E-state index contributed by atoms with van der Waals surface area (Å²) in [5.74, 6) is -1.36. The summed E-state index contributed by atoms with van der Waals surface area (Å²) in [6.07, 6.45) is 1.42. The van der Waals surface area contributed by atoms with Crippen molar-refractivity contribution in [2.24, 2.45) is 0 Å². The van der Waals surface area contributed by atoms with E-state index in [1.165, 1.54) is 18.3 Å². The topological polar surface area (TPSA) is 79.3 Å². The van der Waals surface area contributed by atoms with Gasteiger partial charge in [0.2, 0.25) is 0 Å². The number of hydrogen-bond donors (Lipinski definition) is 2. The Balaban J connectivity index is 2.07. The number of halogens is 1. The molecule has 0 atom stereocenters. The van der Waals surface area contributed by atoms with E-state index in [-0.39, 0.29) is 23.6 Å². The van der Waals surface area contributed by atoms with Crippen LogP contribution in [-0.2, 0) is 6.54 Å². The lowest BCUT2D eigenvalue weighted by atomic mass is 10.1. The van der Waals surface area contributed by atoms with E-state index in [0.717, 1.165) is 5.69 Å². The maximum Gasteiger partial charge on any atom is 0.335 e. The fourth-order valence-electron chi connectivity index (χ4n) is 1.79. The maximum atomic E-state index is 12.0. The first-order valence-corrected chi connectivity index (χ1v) is 6.58. The molecule has 5 nitrogen and oxygen atoms in total. The van der Waals surface area contributed by atoms with Crippen LogP contribution in [0, 0.1) is 6.92 Å². The Labute approximate surface area is 126 Å². The second-order valence-corrected chi connectivity index (χ2v) is 4.90. The lowest BCUT2D eigenvalue weighted by Gasteiger charge is -2.07. The zero-order chi connectivity index (χ0) is 15.4. The van der Waals surface area contributed by atoms with Gasteiger partial charge in [-0.05, 0) is 30.7 Å². The van der Waals surface area contributed by atoms with Gasteiger partial charge in [-0.15, -0.1) is 0 Å². The van der Waals surface area contributed by atoms with Crippen LogP contribution in [0.2, 0.25) is 5.02 Å². The number of carbonyl (C=O) groups excluding carboxylic acids is 1. The van der Waals surface area contributed by atoms with E-state index in [9.17, 15) is 9.59 Å². The van der Waals surface area contributed by atoms with Crippen molar-refractivity contribution in [3.8, 4) is 0 Å². The molecule has 0 saturated heterocycles. The minimum atomic E-state index is -1.01. The second kappa shape index (κ2) is 6.37. The Bertz CT molecular complexity index is 701. The van der Waals surface area contributed by atoms with E-state index in [4.69, 9.17) is 16.7 Å². The number of nitrogens with one attached hydrogen (secondary N) is 1. The Morgan fingerprint density at radius 2 is 2.10 bits per heavy atom. The van der Waals surface area contributed by atoms with Crippen molar-refractivity contribution in [1.29, 1.82) is 0 Å². The normalized spacial score (nSPS) is 10.2. The molecule has 1 amide bonds. The summed E-state index contributed by atoms with van der Waals surface area (Å²) in [4.78, 5) is 26.9. The van der Waals surface area contributed by atoms with Crippen LogP contribution >= 0.6 is 11.6 Å². The van der Waals surface area contributed by atoms with Crippen LogP contribution in [0.5, 0.6) is 0 Å². The second-order valence-electron chi connectivity index (χ2n) is 4.49. The largest absolute Gasteiger partial charge is 0.478 e. The highest BCUT2D eigenvalue weighted by atomic mass is 35.5. The number of rotatable bonds is 4. The lowest BCUT2D eigenvalue weighted by molar-refractivity contribution is 0.0696. The number of aromatic carboxylic acids is 1. The van der Waals surface area contributed by atoms with E-state index < -0.39 is 5.97 Å². The van der Waals surface area contributed by atoms with Crippen LogP contribution < -0.4 is 5.32 Å². The van der Waals surface area contributed by atoms with Gasteiger partial charge in [0.25, 0.3) is 5.91 Å². The summed E-state index contributed by atoms with van der Waals surface area (Å²) in [6.45, 7) is 2.00. The minimum Gasteiger partial charge on any atom is -0.478 e. The number of aromatic nitrogens is 1. The summed E-state index contributed by atoms with van der Waals surface area (Å²) < 4.78 is 0. The molecule has 1 heterocycles. The van der Waals surface area contributed by atoms with Crippen molar-refractivity contribution < 1.29 is 14.7 Å². The van der Waals surface area contributed by atoms with Crippen molar-refractivity contribution >= 4 is 23.5 Å². The van der Waals surface area contributed by atoms with Crippen molar-refractivity contribution in [2.75, 3.05) is 0 Å². The number of carbonyl (C=O) groups is 2. The van der Waals surface area contributed by atoms with Gasteiger partial charge < -0.3 is 10.4 Å². The smallest absolute Gasteiger partial charge is 0.335 e.